The van der Waals surface area contributed by atoms with E-state index in [1.807, 2.05) is 11.8 Å². The number of hydrogen-bond acceptors (Lipinski definition) is 1. The molecule has 176 valence electrons. The Labute approximate surface area is 223 Å². The molecule has 0 bridgehead atoms. The van der Waals surface area contributed by atoms with E-state index < -0.39 is 0 Å². The Morgan fingerprint density at radius 3 is 0.946 bits per heavy atom. The van der Waals surface area contributed by atoms with Crippen molar-refractivity contribution in [2.75, 3.05) is 0 Å². The summed E-state index contributed by atoms with van der Waals surface area (Å²) in [6.07, 6.45) is 0. The van der Waals surface area contributed by atoms with Crippen molar-refractivity contribution in [2.45, 2.75) is 9.79 Å². The molecular weight excluding hydrogens is 464 g/mol. The van der Waals surface area contributed by atoms with Gasteiger partial charge in [-0.05, 0) is 56.6 Å². The topological polar surface area (TPSA) is 0 Å². The molecule has 0 atom stereocenters. The zero-order chi connectivity index (χ0) is 24.9. The monoisotopic (exact) mass is 490 g/mol. The van der Waals surface area contributed by atoms with Gasteiger partial charge in [-0.1, -0.05) is 157 Å². The van der Waals surface area contributed by atoms with Gasteiger partial charge in [0.25, 0.3) is 0 Å². The Balaban J connectivity index is 1.45. The maximum atomic E-state index is 2.24. The molecule has 6 rings (SSSR count). The Kier molecular flexibility index (Phi) is 6.70. The lowest BCUT2D eigenvalue weighted by atomic mass is 9.94. The minimum Gasteiger partial charge on any atom is -0.0888 e. The summed E-state index contributed by atoms with van der Waals surface area (Å²) in [5.74, 6) is 0. The van der Waals surface area contributed by atoms with Gasteiger partial charge in [-0.2, -0.15) is 0 Å². The highest BCUT2D eigenvalue weighted by atomic mass is 32.2. The van der Waals surface area contributed by atoms with E-state index in [1.165, 1.54) is 54.3 Å². The number of hydrogen-bond donors (Lipinski definition) is 0. The van der Waals surface area contributed by atoms with Crippen LogP contribution in [0.4, 0.5) is 0 Å². The lowest BCUT2D eigenvalue weighted by molar-refractivity contribution is 1.39. The summed E-state index contributed by atoms with van der Waals surface area (Å²) in [6, 6.07) is 56.2. The summed E-state index contributed by atoms with van der Waals surface area (Å²) >= 11 is 1.84. The molecule has 0 nitrogen and oxygen atoms in total. The first-order chi connectivity index (χ1) is 18.4. The molecule has 0 aliphatic carbocycles. The molecule has 0 aliphatic rings. The van der Waals surface area contributed by atoms with E-state index in [9.17, 15) is 0 Å². The van der Waals surface area contributed by atoms with E-state index in [-0.39, 0.29) is 0 Å². The predicted molar refractivity (Wildman–Crippen MR) is 159 cm³/mol. The highest BCUT2D eigenvalue weighted by Gasteiger charge is 2.15. The molecule has 0 heterocycles. The second kappa shape index (κ2) is 10.7. The second-order valence-electron chi connectivity index (χ2n) is 8.92. The Morgan fingerprint density at radius 1 is 0.243 bits per heavy atom. The third-order valence-electron chi connectivity index (χ3n) is 6.60. The predicted octanol–water partition coefficient (Wildman–Crippen LogP) is 10.5. The van der Waals surface area contributed by atoms with Gasteiger partial charge in [-0.3, -0.25) is 0 Å². The van der Waals surface area contributed by atoms with Crippen LogP contribution < -0.4 is 0 Å². The van der Waals surface area contributed by atoms with Crippen LogP contribution in [-0.2, 0) is 0 Å². The molecule has 0 unspecified atom stereocenters. The molecule has 0 spiro atoms. The highest BCUT2D eigenvalue weighted by molar-refractivity contribution is 7.99. The zero-order valence-corrected chi connectivity index (χ0v) is 21.2. The SMILES string of the molecule is c1ccc(-c2ccccc2-c2ccccc2Sc2ccccc2-c2ccccc2-c2ccccc2)cc1. The Bertz CT molecular complexity index is 1510. The summed E-state index contributed by atoms with van der Waals surface area (Å²) < 4.78 is 0. The van der Waals surface area contributed by atoms with Gasteiger partial charge in [0.1, 0.15) is 0 Å². The van der Waals surface area contributed by atoms with E-state index in [0.717, 1.165) is 0 Å². The van der Waals surface area contributed by atoms with E-state index in [2.05, 4.69) is 158 Å². The van der Waals surface area contributed by atoms with Gasteiger partial charge in [0.15, 0.2) is 0 Å². The van der Waals surface area contributed by atoms with Crippen molar-refractivity contribution in [1.29, 1.82) is 0 Å². The molecule has 6 aromatic rings. The van der Waals surface area contributed by atoms with Crippen LogP contribution in [0.15, 0.2) is 168 Å². The highest BCUT2D eigenvalue weighted by Crippen LogP contribution is 2.44. The van der Waals surface area contributed by atoms with Gasteiger partial charge in [-0.25, -0.2) is 0 Å². The van der Waals surface area contributed by atoms with Crippen molar-refractivity contribution in [2.24, 2.45) is 0 Å². The molecule has 37 heavy (non-hydrogen) atoms. The van der Waals surface area contributed by atoms with Crippen molar-refractivity contribution in [3.8, 4) is 44.5 Å². The summed E-state index contributed by atoms with van der Waals surface area (Å²) in [5, 5.41) is 0. The summed E-state index contributed by atoms with van der Waals surface area (Å²) in [6.45, 7) is 0. The first-order valence-electron chi connectivity index (χ1n) is 12.5. The standard InChI is InChI=1S/C36H26S/c1-3-15-27(16-4-1)29-19-7-9-21-31(29)33-23-11-13-25-35(33)37-36-26-14-12-24-34(36)32-22-10-8-20-30(32)28-17-5-2-6-18-28/h1-26H. The van der Waals surface area contributed by atoms with Crippen molar-refractivity contribution < 1.29 is 0 Å². The van der Waals surface area contributed by atoms with Crippen LogP contribution in [-0.4, -0.2) is 0 Å². The van der Waals surface area contributed by atoms with Gasteiger partial charge in [0, 0.05) is 9.79 Å². The Hall–Kier alpha value is -4.33. The maximum absolute atomic E-state index is 2.24. The third-order valence-corrected chi connectivity index (χ3v) is 7.75. The molecule has 0 N–H and O–H groups in total. The molecule has 6 aromatic carbocycles. The minimum atomic E-state index is 1.23. The van der Waals surface area contributed by atoms with Crippen LogP contribution in [0.1, 0.15) is 0 Å². The largest absolute Gasteiger partial charge is 0.0888 e. The first-order valence-corrected chi connectivity index (χ1v) is 13.4. The Morgan fingerprint density at radius 2 is 0.541 bits per heavy atom. The quantitative estimate of drug-likeness (QED) is 0.224. The van der Waals surface area contributed by atoms with E-state index in [0.29, 0.717) is 0 Å². The van der Waals surface area contributed by atoms with E-state index >= 15 is 0 Å². The fourth-order valence-corrected chi connectivity index (χ4v) is 5.96. The lowest BCUT2D eigenvalue weighted by Crippen LogP contribution is -1.90. The van der Waals surface area contributed by atoms with Gasteiger partial charge in [0.2, 0.25) is 0 Å². The van der Waals surface area contributed by atoms with Crippen molar-refractivity contribution in [3.63, 3.8) is 0 Å². The zero-order valence-electron chi connectivity index (χ0n) is 20.4. The molecule has 0 aromatic heterocycles. The first kappa shape index (κ1) is 23.1. The third kappa shape index (κ3) is 4.87. The van der Waals surface area contributed by atoms with Gasteiger partial charge in [-0.15, -0.1) is 0 Å². The van der Waals surface area contributed by atoms with Crippen LogP contribution in [0.3, 0.4) is 0 Å². The van der Waals surface area contributed by atoms with Crippen molar-refractivity contribution in [1.82, 2.24) is 0 Å². The molecule has 0 aliphatic heterocycles. The summed E-state index contributed by atoms with van der Waals surface area (Å²) in [5.41, 5.74) is 9.96. The molecule has 0 radical (unpaired) electrons. The van der Waals surface area contributed by atoms with E-state index in [4.69, 9.17) is 0 Å². The second-order valence-corrected chi connectivity index (χ2v) is 10.0. The molecule has 0 fully saturated rings. The van der Waals surface area contributed by atoms with Crippen LogP contribution in [0.5, 0.6) is 0 Å². The van der Waals surface area contributed by atoms with Crippen LogP contribution >= 0.6 is 11.8 Å². The minimum absolute atomic E-state index is 1.23. The van der Waals surface area contributed by atoms with Crippen molar-refractivity contribution in [3.05, 3.63) is 158 Å². The van der Waals surface area contributed by atoms with Gasteiger partial charge < -0.3 is 0 Å². The average Bonchev–Trinajstić information content (AvgIpc) is 2.99. The van der Waals surface area contributed by atoms with Gasteiger partial charge >= 0.3 is 0 Å². The molecular formula is C36H26S. The normalized spacial score (nSPS) is 10.8. The molecule has 0 amide bonds. The van der Waals surface area contributed by atoms with Crippen LogP contribution in [0.25, 0.3) is 44.5 Å². The van der Waals surface area contributed by atoms with Gasteiger partial charge in [0.05, 0.1) is 0 Å². The average molecular weight is 491 g/mol. The van der Waals surface area contributed by atoms with E-state index in [1.54, 1.807) is 0 Å². The summed E-state index contributed by atoms with van der Waals surface area (Å²) in [7, 11) is 0. The smallest absolute Gasteiger partial charge is 0.0201 e. The fourth-order valence-electron chi connectivity index (χ4n) is 4.85. The van der Waals surface area contributed by atoms with Crippen molar-refractivity contribution >= 4 is 11.8 Å². The molecule has 0 saturated heterocycles. The number of rotatable bonds is 6. The van der Waals surface area contributed by atoms with Crippen LogP contribution in [0, 0.1) is 0 Å². The molecule has 0 saturated carbocycles. The van der Waals surface area contributed by atoms with Crippen LogP contribution in [0.2, 0.25) is 0 Å². The lowest BCUT2D eigenvalue weighted by Gasteiger charge is -2.17. The summed E-state index contributed by atoms with van der Waals surface area (Å²) in [4.78, 5) is 2.49. The molecule has 1 heteroatoms. The maximum Gasteiger partial charge on any atom is 0.0201 e. The fraction of sp³-hybridized carbons (Fsp3) is 0. The number of benzene rings is 6.